The number of aromatic nitrogens is 2. The summed E-state index contributed by atoms with van der Waals surface area (Å²) in [4.78, 5) is 6.54. The molecule has 0 saturated carbocycles. The average Bonchev–Trinajstić information content (AvgIpc) is 2.61. The van der Waals surface area contributed by atoms with Gasteiger partial charge in [-0.25, -0.2) is 4.98 Å². The summed E-state index contributed by atoms with van der Waals surface area (Å²) >= 11 is 0. The molecule has 0 aliphatic carbocycles. The molecule has 0 aliphatic rings. The van der Waals surface area contributed by atoms with Crippen molar-refractivity contribution in [2.75, 3.05) is 0 Å². The first-order valence-corrected chi connectivity index (χ1v) is 4.16. The zero-order chi connectivity index (χ0) is 11.1. The molecule has 0 amide bonds. The molecule has 0 fully saturated rings. The van der Waals surface area contributed by atoms with Crippen LogP contribution < -0.4 is 0 Å². The number of imidazole rings is 1. The van der Waals surface area contributed by atoms with Crippen LogP contribution in [0, 0.1) is 0 Å². The van der Waals surface area contributed by atoms with E-state index in [0.717, 1.165) is 0 Å². The first-order valence-electron chi connectivity index (χ1n) is 4.16. The number of fused-ring (bicyclic) bond motifs is 1. The number of H-pyrrole nitrogens is 1. The van der Waals surface area contributed by atoms with Crippen molar-refractivity contribution in [2.24, 2.45) is 0 Å². The monoisotopic (exact) mass is 216 g/mol. The summed E-state index contributed by atoms with van der Waals surface area (Å²) in [5.41, 5.74) is 0.836. The Balaban J connectivity index is 2.44. The maximum Gasteiger partial charge on any atom is 0.418 e. The summed E-state index contributed by atoms with van der Waals surface area (Å²) in [6, 6.07) is 3.87. The number of halogens is 3. The molecule has 15 heavy (non-hydrogen) atoms. The fourth-order valence-corrected chi connectivity index (χ4v) is 1.31. The van der Waals surface area contributed by atoms with Gasteiger partial charge < -0.3 is 10.1 Å². The van der Waals surface area contributed by atoms with E-state index in [2.05, 4.69) is 9.97 Å². The highest BCUT2D eigenvalue weighted by Crippen LogP contribution is 2.33. The van der Waals surface area contributed by atoms with Gasteiger partial charge in [0, 0.05) is 0 Å². The van der Waals surface area contributed by atoms with Crippen LogP contribution in [0.3, 0.4) is 0 Å². The SMILES string of the molecule is O[C@H](c1ccc2nc[nH]c2c1)C(F)(F)F. The zero-order valence-electron chi connectivity index (χ0n) is 7.42. The highest BCUT2D eigenvalue weighted by molar-refractivity contribution is 5.75. The van der Waals surface area contributed by atoms with Crippen LogP contribution in [0.1, 0.15) is 11.7 Å². The molecule has 0 bridgehead atoms. The van der Waals surface area contributed by atoms with Gasteiger partial charge in [0.25, 0.3) is 0 Å². The lowest BCUT2D eigenvalue weighted by atomic mass is 10.1. The molecule has 6 heteroatoms. The highest BCUT2D eigenvalue weighted by atomic mass is 19.4. The molecule has 1 aromatic carbocycles. The van der Waals surface area contributed by atoms with E-state index < -0.39 is 12.3 Å². The van der Waals surface area contributed by atoms with Crippen LogP contribution in [0.5, 0.6) is 0 Å². The first-order chi connectivity index (χ1) is 6.98. The topological polar surface area (TPSA) is 48.9 Å². The van der Waals surface area contributed by atoms with E-state index in [1.54, 1.807) is 0 Å². The molecule has 1 aromatic heterocycles. The number of aliphatic hydroxyl groups excluding tert-OH is 1. The third-order valence-electron chi connectivity index (χ3n) is 2.07. The summed E-state index contributed by atoms with van der Waals surface area (Å²) in [7, 11) is 0. The molecule has 0 unspecified atom stereocenters. The van der Waals surface area contributed by atoms with Crippen molar-refractivity contribution < 1.29 is 18.3 Å². The summed E-state index contributed by atoms with van der Waals surface area (Å²) in [5.74, 6) is 0. The molecule has 0 spiro atoms. The first kappa shape index (κ1) is 9.97. The van der Waals surface area contributed by atoms with Gasteiger partial charge in [-0.2, -0.15) is 13.2 Å². The van der Waals surface area contributed by atoms with Gasteiger partial charge in [-0.1, -0.05) is 6.07 Å². The van der Waals surface area contributed by atoms with Crippen molar-refractivity contribution in [3.8, 4) is 0 Å². The van der Waals surface area contributed by atoms with Crippen LogP contribution in [-0.4, -0.2) is 21.3 Å². The summed E-state index contributed by atoms with van der Waals surface area (Å²) in [6.45, 7) is 0. The van der Waals surface area contributed by atoms with E-state index in [0.29, 0.717) is 11.0 Å². The number of benzene rings is 1. The number of alkyl halides is 3. The van der Waals surface area contributed by atoms with E-state index in [-0.39, 0.29) is 5.56 Å². The maximum absolute atomic E-state index is 12.2. The third kappa shape index (κ3) is 1.80. The number of aromatic amines is 1. The lowest BCUT2D eigenvalue weighted by Crippen LogP contribution is -2.20. The Morgan fingerprint density at radius 3 is 2.73 bits per heavy atom. The standard InChI is InChI=1S/C9H7F3N2O/c10-9(11,12)8(15)5-1-2-6-7(3-5)14-4-13-6/h1-4,8,15H,(H,13,14)/t8-/m1/s1. The quantitative estimate of drug-likeness (QED) is 0.767. The van der Waals surface area contributed by atoms with Crippen LogP contribution in [0.4, 0.5) is 13.2 Å². The van der Waals surface area contributed by atoms with E-state index >= 15 is 0 Å². The zero-order valence-corrected chi connectivity index (χ0v) is 7.42. The Kier molecular flexibility index (Phi) is 2.15. The second-order valence-electron chi connectivity index (χ2n) is 3.12. The second-order valence-corrected chi connectivity index (χ2v) is 3.12. The highest BCUT2D eigenvalue weighted by Gasteiger charge is 2.39. The molecule has 0 radical (unpaired) electrons. The molecule has 1 heterocycles. The number of rotatable bonds is 1. The van der Waals surface area contributed by atoms with Gasteiger partial charge in [0.1, 0.15) is 0 Å². The Morgan fingerprint density at radius 2 is 2.07 bits per heavy atom. The molecule has 3 nitrogen and oxygen atoms in total. The van der Waals surface area contributed by atoms with Crippen molar-refractivity contribution in [2.45, 2.75) is 12.3 Å². The van der Waals surface area contributed by atoms with Crippen LogP contribution in [0.25, 0.3) is 11.0 Å². The van der Waals surface area contributed by atoms with E-state index in [1.807, 2.05) is 0 Å². The van der Waals surface area contributed by atoms with E-state index in [9.17, 15) is 13.2 Å². The van der Waals surface area contributed by atoms with Crippen molar-refractivity contribution >= 4 is 11.0 Å². The fraction of sp³-hybridized carbons (Fsp3) is 0.222. The summed E-state index contributed by atoms with van der Waals surface area (Å²) in [5, 5.41) is 8.99. The van der Waals surface area contributed by atoms with Crippen LogP contribution in [0.15, 0.2) is 24.5 Å². The minimum absolute atomic E-state index is 0.195. The predicted molar refractivity (Wildman–Crippen MR) is 47.1 cm³/mol. The lowest BCUT2D eigenvalue weighted by molar-refractivity contribution is -0.206. The predicted octanol–water partition coefficient (Wildman–Crippen LogP) is 2.16. The number of hydrogen-bond donors (Lipinski definition) is 2. The van der Waals surface area contributed by atoms with Crippen molar-refractivity contribution in [1.29, 1.82) is 0 Å². The maximum atomic E-state index is 12.2. The van der Waals surface area contributed by atoms with Gasteiger partial charge in [0.05, 0.1) is 17.4 Å². The van der Waals surface area contributed by atoms with Crippen LogP contribution in [0.2, 0.25) is 0 Å². The van der Waals surface area contributed by atoms with Gasteiger partial charge in [0.15, 0.2) is 6.10 Å². The van der Waals surface area contributed by atoms with Crippen molar-refractivity contribution in [3.05, 3.63) is 30.1 Å². The Labute approximate surface area is 82.6 Å². The molecular formula is C9H7F3N2O. The van der Waals surface area contributed by atoms with Gasteiger partial charge in [0.2, 0.25) is 0 Å². The molecule has 0 saturated heterocycles. The van der Waals surface area contributed by atoms with Crippen LogP contribution in [-0.2, 0) is 0 Å². The third-order valence-corrected chi connectivity index (χ3v) is 2.07. The van der Waals surface area contributed by atoms with Crippen molar-refractivity contribution in [1.82, 2.24) is 9.97 Å². The number of aliphatic hydroxyl groups is 1. The smallest absolute Gasteiger partial charge is 0.379 e. The number of hydrogen-bond acceptors (Lipinski definition) is 2. The molecular weight excluding hydrogens is 209 g/mol. The summed E-state index contributed by atoms with van der Waals surface area (Å²) < 4.78 is 36.6. The molecule has 2 N–H and O–H groups in total. The van der Waals surface area contributed by atoms with E-state index in [4.69, 9.17) is 5.11 Å². The summed E-state index contributed by atoms with van der Waals surface area (Å²) in [6.07, 6.45) is -5.72. The van der Waals surface area contributed by atoms with Gasteiger partial charge in [-0.15, -0.1) is 0 Å². The average molecular weight is 216 g/mol. The minimum Gasteiger partial charge on any atom is -0.379 e. The molecule has 1 atom stereocenters. The lowest BCUT2D eigenvalue weighted by Gasteiger charge is -2.14. The Hall–Kier alpha value is -1.56. The number of nitrogens with zero attached hydrogens (tertiary/aromatic N) is 1. The van der Waals surface area contributed by atoms with Gasteiger partial charge in [-0.3, -0.25) is 0 Å². The molecule has 80 valence electrons. The van der Waals surface area contributed by atoms with Gasteiger partial charge >= 0.3 is 6.18 Å². The number of nitrogens with one attached hydrogen (secondary N) is 1. The second kappa shape index (κ2) is 3.23. The van der Waals surface area contributed by atoms with Gasteiger partial charge in [-0.05, 0) is 17.7 Å². The van der Waals surface area contributed by atoms with Crippen molar-refractivity contribution in [3.63, 3.8) is 0 Å². The Bertz CT molecular complexity index is 477. The fourth-order valence-electron chi connectivity index (χ4n) is 1.31. The van der Waals surface area contributed by atoms with E-state index in [1.165, 1.54) is 24.5 Å². The normalized spacial score (nSPS) is 14.4. The molecule has 0 aliphatic heterocycles. The largest absolute Gasteiger partial charge is 0.418 e. The molecule has 2 aromatic rings. The minimum atomic E-state index is -4.65. The van der Waals surface area contributed by atoms with Crippen LogP contribution >= 0.6 is 0 Å². The molecule has 2 rings (SSSR count). The Morgan fingerprint density at radius 1 is 1.33 bits per heavy atom.